The molecule has 1 amide bonds. The van der Waals surface area contributed by atoms with Gasteiger partial charge < -0.3 is 5.32 Å². The van der Waals surface area contributed by atoms with Crippen molar-refractivity contribution in [2.75, 3.05) is 11.9 Å². The average molecular weight is 415 g/mol. The lowest BCUT2D eigenvalue weighted by Crippen LogP contribution is -2.32. The highest BCUT2D eigenvalue weighted by atomic mass is 79.9. The van der Waals surface area contributed by atoms with Gasteiger partial charge in [-0.3, -0.25) is 9.89 Å². The van der Waals surface area contributed by atoms with Crippen LogP contribution in [0.2, 0.25) is 0 Å². The van der Waals surface area contributed by atoms with Gasteiger partial charge in [-0.2, -0.15) is 5.10 Å². The highest BCUT2D eigenvalue weighted by Crippen LogP contribution is 2.25. The molecule has 7 nitrogen and oxygen atoms in total. The zero-order chi connectivity index (χ0) is 16.4. The van der Waals surface area contributed by atoms with E-state index in [1.54, 1.807) is 24.4 Å². The molecule has 0 saturated heterocycles. The molecule has 120 valence electrons. The van der Waals surface area contributed by atoms with Crippen LogP contribution in [0.15, 0.2) is 44.5 Å². The first-order valence-electron chi connectivity index (χ1n) is 6.42. The van der Waals surface area contributed by atoms with Gasteiger partial charge in [0.15, 0.2) is 0 Å². The lowest BCUT2D eigenvalue weighted by molar-refractivity contribution is -0.115. The van der Waals surface area contributed by atoms with Gasteiger partial charge in [0.25, 0.3) is 10.0 Å². The molecule has 2 aromatic heterocycles. The number of thiophene rings is 1. The smallest absolute Gasteiger partial charge is 0.250 e. The Morgan fingerprint density at radius 2 is 2.13 bits per heavy atom. The van der Waals surface area contributed by atoms with Crippen LogP contribution in [-0.2, 0) is 14.8 Å². The number of anilines is 1. The molecule has 10 heteroatoms. The van der Waals surface area contributed by atoms with E-state index in [4.69, 9.17) is 0 Å². The van der Waals surface area contributed by atoms with Gasteiger partial charge in [-0.1, -0.05) is 0 Å². The first kappa shape index (κ1) is 16.1. The van der Waals surface area contributed by atoms with E-state index in [-0.39, 0.29) is 10.8 Å². The van der Waals surface area contributed by atoms with Gasteiger partial charge in [0, 0.05) is 11.1 Å². The number of halogens is 1. The molecule has 0 aliphatic rings. The number of aromatic amines is 1. The Balaban J connectivity index is 1.63. The molecule has 0 radical (unpaired) electrons. The molecule has 0 spiro atoms. The minimum Gasteiger partial charge on any atom is -0.325 e. The van der Waals surface area contributed by atoms with Crippen molar-refractivity contribution in [2.24, 2.45) is 0 Å². The Kier molecular flexibility index (Phi) is 4.48. The third-order valence-corrected chi connectivity index (χ3v) is 6.48. The zero-order valence-electron chi connectivity index (χ0n) is 11.5. The summed E-state index contributed by atoms with van der Waals surface area (Å²) in [5.41, 5.74) is 1.34. The molecule has 3 aromatic rings. The van der Waals surface area contributed by atoms with Gasteiger partial charge in [-0.05, 0) is 46.3 Å². The van der Waals surface area contributed by atoms with Crippen molar-refractivity contribution in [1.29, 1.82) is 0 Å². The molecule has 0 bridgehead atoms. The maximum Gasteiger partial charge on any atom is 0.250 e. The third kappa shape index (κ3) is 3.78. The normalized spacial score (nSPS) is 11.7. The molecule has 0 aliphatic heterocycles. The highest BCUT2D eigenvalue weighted by molar-refractivity contribution is 9.11. The van der Waals surface area contributed by atoms with Crippen molar-refractivity contribution in [3.05, 3.63) is 40.3 Å². The molecule has 1 aromatic carbocycles. The Hall–Kier alpha value is -1.75. The van der Waals surface area contributed by atoms with Crippen LogP contribution in [0.4, 0.5) is 5.69 Å². The number of aromatic nitrogens is 2. The van der Waals surface area contributed by atoms with Crippen LogP contribution in [-0.4, -0.2) is 31.1 Å². The molecule has 2 heterocycles. The number of amides is 1. The molecule has 0 saturated carbocycles. The molecule has 0 fully saturated rings. The predicted octanol–water partition coefficient (Wildman–Crippen LogP) is 2.30. The Bertz CT molecular complexity index is 964. The summed E-state index contributed by atoms with van der Waals surface area (Å²) in [6.07, 6.45) is 1.67. The standard InChI is InChI=1S/C13H11BrN4O3S2/c14-11-3-4-13(22-11)23(20,21)16-7-12(19)17-9-2-1-8-6-15-18-10(8)5-9/h1-6,16H,7H2,(H,15,18)(H,17,19). The second kappa shape index (κ2) is 6.40. The van der Waals surface area contributed by atoms with E-state index < -0.39 is 15.9 Å². The number of benzene rings is 1. The Morgan fingerprint density at radius 1 is 1.30 bits per heavy atom. The number of nitrogens with zero attached hydrogens (tertiary/aromatic N) is 1. The summed E-state index contributed by atoms with van der Waals surface area (Å²) in [7, 11) is -3.69. The first-order valence-corrected chi connectivity index (χ1v) is 9.51. The van der Waals surface area contributed by atoms with E-state index >= 15 is 0 Å². The maximum absolute atomic E-state index is 12.0. The third-order valence-electron chi connectivity index (χ3n) is 2.96. The van der Waals surface area contributed by atoms with Crippen molar-refractivity contribution in [3.63, 3.8) is 0 Å². The number of H-pyrrole nitrogens is 1. The van der Waals surface area contributed by atoms with Gasteiger partial charge in [0.1, 0.15) is 4.21 Å². The summed E-state index contributed by atoms with van der Waals surface area (Å²) in [4.78, 5) is 11.9. The first-order chi connectivity index (χ1) is 10.9. The molecule has 3 rings (SSSR count). The summed E-state index contributed by atoms with van der Waals surface area (Å²) in [5, 5.41) is 10.2. The van der Waals surface area contributed by atoms with Gasteiger partial charge in [-0.15, -0.1) is 11.3 Å². The number of sulfonamides is 1. The number of hydrogen-bond acceptors (Lipinski definition) is 5. The van der Waals surface area contributed by atoms with Crippen molar-refractivity contribution in [3.8, 4) is 0 Å². The second-order valence-corrected chi connectivity index (χ2v) is 9.06. The maximum atomic E-state index is 12.0. The summed E-state index contributed by atoms with van der Waals surface area (Å²) in [5.74, 6) is -0.455. The van der Waals surface area contributed by atoms with Crippen molar-refractivity contribution in [2.45, 2.75) is 4.21 Å². The summed E-state index contributed by atoms with van der Waals surface area (Å²) in [6.45, 7) is -0.348. The van der Waals surface area contributed by atoms with Crippen LogP contribution in [0.3, 0.4) is 0 Å². The van der Waals surface area contributed by atoms with Crippen LogP contribution < -0.4 is 10.0 Å². The number of nitrogens with one attached hydrogen (secondary N) is 3. The van der Waals surface area contributed by atoms with E-state index in [0.29, 0.717) is 9.47 Å². The largest absolute Gasteiger partial charge is 0.325 e. The minimum absolute atomic E-state index is 0.149. The topological polar surface area (TPSA) is 104 Å². The number of hydrogen-bond donors (Lipinski definition) is 3. The predicted molar refractivity (Wildman–Crippen MR) is 91.9 cm³/mol. The molecular formula is C13H11BrN4O3S2. The number of rotatable bonds is 5. The quantitative estimate of drug-likeness (QED) is 0.595. The number of carbonyl (C=O) groups excluding carboxylic acids is 1. The Morgan fingerprint density at radius 3 is 2.87 bits per heavy atom. The monoisotopic (exact) mass is 414 g/mol. The van der Waals surface area contributed by atoms with E-state index in [2.05, 4.69) is 36.2 Å². The van der Waals surface area contributed by atoms with E-state index in [1.807, 2.05) is 6.07 Å². The van der Waals surface area contributed by atoms with Crippen molar-refractivity contribution < 1.29 is 13.2 Å². The van der Waals surface area contributed by atoms with E-state index in [0.717, 1.165) is 22.2 Å². The van der Waals surface area contributed by atoms with Gasteiger partial charge in [0.2, 0.25) is 5.91 Å². The fourth-order valence-electron chi connectivity index (χ4n) is 1.89. The number of fused-ring (bicyclic) bond motifs is 1. The molecule has 23 heavy (non-hydrogen) atoms. The second-order valence-electron chi connectivity index (χ2n) is 4.60. The summed E-state index contributed by atoms with van der Waals surface area (Å²) in [6, 6.07) is 8.37. The molecule has 0 aliphatic carbocycles. The molecule has 0 atom stereocenters. The van der Waals surface area contributed by atoms with E-state index in [9.17, 15) is 13.2 Å². The van der Waals surface area contributed by atoms with Crippen LogP contribution in [0.25, 0.3) is 10.9 Å². The van der Waals surface area contributed by atoms with E-state index in [1.165, 1.54) is 6.07 Å². The lowest BCUT2D eigenvalue weighted by atomic mass is 10.2. The van der Waals surface area contributed by atoms with Crippen molar-refractivity contribution >= 4 is 59.8 Å². The van der Waals surface area contributed by atoms with Crippen LogP contribution in [0.1, 0.15) is 0 Å². The van der Waals surface area contributed by atoms with Crippen LogP contribution in [0.5, 0.6) is 0 Å². The van der Waals surface area contributed by atoms with Crippen LogP contribution in [0, 0.1) is 0 Å². The highest BCUT2D eigenvalue weighted by Gasteiger charge is 2.17. The minimum atomic E-state index is -3.69. The fourth-order valence-corrected chi connectivity index (χ4v) is 4.93. The summed E-state index contributed by atoms with van der Waals surface area (Å²) < 4.78 is 27.2. The summed E-state index contributed by atoms with van der Waals surface area (Å²) >= 11 is 4.28. The molecule has 3 N–H and O–H groups in total. The van der Waals surface area contributed by atoms with Gasteiger partial charge in [-0.25, -0.2) is 13.1 Å². The van der Waals surface area contributed by atoms with Crippen LogP contribution >= 0.6 is 27.3 Å². The molecular weight excluding hydrogens is 404 g/mol. The van der Waals surface area contributed by atoms with Gasteiger partial charge in [0.05, 0.1) is 22.0 Å². The fraction of sp³-hybridized carbons (Fsp3) is 0.0769. The lowest BCUT2D eigenvalue weighted by Gasteiger charge is -2.07. The average Bonchev–Trinajstić information content (AvgIpc) is 3.14. The number of carbonyl (C=O) groups is 1. The van der Waals surface area contributed by atoms with Crippen molar-refractivity contribution in [1.82, 2.24) is 14.9 Å². The van der Waals surface area contributed by atoms with Gasteiger partial charge >= 0.3 is 0 Å². The Labute approximate surface area is 144 Å². The SMILES string of the molecule is O=C(CNS(=O)(=O)c1ccc(Br)s1)Nc1ccc2cn[nH]c2c1. The zero-order valence-corrected chi connectivity index (χ0v) is 14.8. The molecule has 0 unspecified atom stereocenters.